The minimum atomic E-state index is -0.504. The molecule has 3 rings (SSSR count). The number of Topliss-reactive ketones (excluding diaryl/α,β-unsaturated/α-hetero) is 1. The molecule has 2 fully saturated rings. The summed E-state index contributed by atoms with van der Waals surface area (Å²) in [6.45, 7) is 6.65. The maximum absolute atomic E-state index is 13.0. The number of ketones is 1. The number of rotatable bonds is 6. The summed E-state index contributed by atoms with van der Waals surface area (Å²) in [6.07, 6.45) is 3.06. The second-order valence-corrected chi connectivity index (χ2v) is 8.67. The maximum atomic E-state index is 13.0. The third kappa shape index (κ3) is 4.85. The molecule has 28 heavy (non-hydrogen) atoms. The van der Waals surface area contributed by atoms with E-state index in [1.807, 2.05) is 49.9 Å². The van der Waals surface area contributed by atoms with Crippen LogP contribution in [0, 0.1) is 5.92 Å². The van der Waals surface area contributed by atoms with Crippen molar-refractivity contribution < 1.29 is 23.8 Å². The monoisotopic (exact) mass is 389 g/mol. The zero-order chi connectivity index (χ0) is 20.3. The van der Waals surface area contributed by atoms with Crippen molar-refractivity contribution in [3.05, 3.63) is 29.8 Å². The molecule has 0 N–H and O–H groups in total. The Morgan fingerprint density at radius 2 is 1.64 bits per heavy atom. The van der Waals surface area contributed by atoms with E-state index in [2.05, 4.69) is 0 Å². The van der Waals surface area contributed by atoms with Gasteiger partial charge < -0.3 is 19.1 Å². The smallest absolute Gasteiger partial charge is 0.410 e. The zero-order valence-corrected chi connectivity index (χ0v) is 17.3. The Labute approximate surface area is 167 Å². The van der Waals surface area contributed by atoms with Crippen LogP contribution in [-0.2, 0) is 9.47 Å². The SMILES string of the molecule is COCCOc1ccc(C(=O)C2CC3CCC(C2)N3C(=O)OC(C)(C)C)cc1. The molecule has 2 aliphatic rings. The first-order chi connectivity index (χ1) is 13.3. The van der Waals surface area contributed by atoms with Gasteiger partial charge in [0.25, 0.3) is 0 Å². The van der Waals surface area contributed by atoms with Gasteiger partial charge in [0.05, 0.1) is 6.61 Å². The number of carbonyl (C=O) groups is 2. The Hall–Kier alpha value is -2.08. The fourth-order valence-electron chi connectivity index (χ4n) is 4.20. The molecular weight excluding hydrogens is 358 g/mol. The fraction of sp³-hybridized carbons (Fsp3) is 0.636. The fourth-order valence-corrected chi connectivity index (χ4v) is 4.20. The van der Waals surface area contributed by atoms with Gasteiger partial charge in [0.15, 0.2) is 5.78 Å². The molecule has 1 amide bonds. The third-order valence-corrected chi connectivity index (χ3v) is 5.40. The molecule has 2 atom stereocenters. The van der Waals surface area contributed by atoms with Crippen LogP contribution in [0.2, 0.25) is 0 Å². The summed E-state index contributed by atoms with van der Waals surface area (Å²) in [7, 11) is 1.63. The quantitative estimate of drug-likeness (QED) is 0.542. The molecule has 154 valence electrons. The number of hydrogen-bond acceptors (Lipinski definition) is 5. The van der Waals surface area contributed by atoms with Crippen molar-refractivity contribution in [2.45, 2.75) is 64.1 Å². The van der Waals surface area contributed by atoms with E-state index in [0.717, 1.165) is 18.6 Å². The van der Waals surface area contributed by atoms with E-state index in [1.54, 1.807) is 7.11 Å². The van der Waals surface area contributed by atoms with E-state index >= 15 is 0 Å². The highest BCUT2D eigenvalue weighted by molar-refractivity contribution is 5.98. The molecule has 0 spiro atoms. The number of carbonyl (C=O) groups excluding carboxylic acids is 2. The summed E-state index contributed by atoms with van der Waals surface area (Å²) in [5.74, 6) is 0.842. The molecule has 0 saturated carbocycles. The molecular formula is C22H31NO5. The van der Waals surface area contributed by atoms with Gasteiger partial charge in [-0.2, -0.15) is 0 Å². The van der Waals surface area contributed by atoms with Crippen LogP contribution in [0.1, 0.15) is 56.8 Å². The van der Waals surface area contributed by atoms with Crippen molar-refractivity contribution >= 4 is 11.9 Å². The molecule has 0 radical (unpaired) electrons. The van der Waals surface area contributed by atoms with Crippen molar-refractivity contribution in [3.63, 3.8) is 0 Å². The van der Waals surface area contributed by atoms with Gasteiger partial charge in [-0.05, 0) is 70.7 Å². The van der Waals surface area contributed by atoms with Crippen LogP contribution in [0.3, 0.4) is 0 Å². The standard InChI is InChI=1S/C22H31NO5/c1-22(2,3)28-21(25)23-17-7-8-18(23)14-16(13-17)20(24)15-5-9-19(10-6-15)27-12-11-26-4/h5-6,9-10,16-18H,7-8,11-14H2,1-4H3. The van der Waals surface area contributed by atoms with Crippen molar-refractivity contribution in [2.24, 2.45) is 5.92 Å². The van der Waals surface area contributed by atoms with Crippen molar-refractivity contribution in [1.29, 1.82) is 0 Å². The van der Waals surface area contributed by atoms with E-state index in [0.29, 0.717) is 31.6 Å². The minimum absolute atomic E-state index is 0.0450. The predicted molar refractivity (Wildman–Crippen MR) is 106 cm³/mol. The van der Waals surface area contributed by atoms with Crippen molar-refractivity contribution in [2.75, 3.05) is 20.3 Å². The highest BCUT2D eigenvalue weighted by Gasteiger charge is 2.46. The minimum Gasteiger partial charge on any atom is -0.491 e. The molecule has 1 aromatic carbocycles. The third-order valence-electron chi connectivity index (χ3n) is 5.40. The van der Waals surface area contributed by atoms with Crippen molar-refractivity contribution in [3.8, 4) is 5.75 Å². The Morgan fingerprint density at radius 1 is 1.04 bits per heavy atom. The van der Waals surface area contributed by atoms with Crippen LogP contribution in [0.15, 0.2) is 24.3 Å². The van der Waals surface area contributed by atoms with Gasteiger partial charge in [-0.3, -0.25) is 4.79 Å². The van der Waals surface area contributed by atoms with Gasteiger partial charge in [0.1, 0.15) is 18.0 Å². The van der Waals surface area contributed by atoms with E-state index in [1.165, 1.54) is 0 Å². The molecule has 2 unspecified atom stereocenters. The number of ether oxygens (including phenoxy) is 3. The lowest BCUT2D eigenvalue weighted by Crippen LogP contribution is -2.49. The maximum Gasteiger partial charge on any atom is 0.410 e. The Morgan fingerprint density at radius 3 is 2.18 bits per heavy atom. The van der Waals surface area contributed by atoms with E-state index in [9.17, 15) is 9.59 Å². The van der Waals surface area contributed by atoms with Crippen LogP contribution in [0.25, 0.3) is 0 Å². The Balaban J connectivity index is 1.61. The lowest BCUT2D eigenvalue weighted by molar-refractivity contribution is 0.00254. The highest BCUT2D eigenvalue weighted by Crippen LogP contribution is 2.40. The zero-order valence-electron chi connectivity index (χ0n) is 17.3. The number of nitrogens with zero attached hydrogens (tertiary/aromatic N) is 1. The summed E-state index contributed by atoms with van der Waals surface area (Å²) in [5.41, 5.74) is 0.199. The Bertz CT molecular complexity index is 680. The van der Waals surface area contributed by atoms with Gasteiger partial charge in [-0.15, -0.1) is 0 Å². The molecule has 6 heteroatoms. The van der Waals surface area contributed by atoms with Crippen LogP contribution < -0.4 is 4.74 Å². The Kier molecular flexibility index (Phi) is 6.28. The number of fused-ring (bicyclic) bond motifs is 2. The first-order valence-corrected chi connectivity index (χ1v) is 10.1. The lowest BCUT2D eigenvalue weighted by Gasteiger charge is -2.39. The van der Waals surface area contributed by atoms with Gasteiger partial charge in [0, 0.05) is 30.7 Å². The average Bonchev–Trinajstić information content (AvgIpc) is 2.91. The van der Waals surface area contributed by atoms with Gasteiger partial charge >= 0.3 is 6.09 Å². The number of benzene rings is 1. The summed E-state index contributed by atoms with van der Waals surface area (Å²) in [5, 5.41) is 0. The molecule has 6 nitrogen and oxygen atoms in total. The van der Waals surface area contributed by atoms with Gasteiger partial charge in [-0.1, -0.05) is 0 Å². The van der Waals surface area contributed by atoms with E-state index in [-0.39, 0.29) is 29.9 Å². The molecule has 0 aliphatic carbocycles. The molecule has 2 bridgehead atoms. The largest absolute Gasteiger partial charge is 0.491 e. The van der Waals surface area contributed by atoms with Gasteiger partial charge in [-0.25, -0.2) is 4.79 Å². The average molecular weight is 389 g/mol. The molecule has 2 saturated heterocycles. The second kappa shape index (κ2) is 8.52. The molecule has 2 heterocycles. The summed E-state index contributed by atoms with van der Waals surface area (Å²) in [4.78, 5) is 27.4. The van der Waals surface area contributed by atoms with E-state index < -0.39 is 5.60 Å². The first kappa shape index (κ1) is 20.6. The molecule has 0 aromatic heterocycles. The van der Waals surface area contributed by atoms with E-state index in [4.69, 9.17) is 14.2 Å². The number of hydrogen-bond donors (Lipinski definition) is 0. The van der Waals surface area contributed by atoms with Crippen LogP contribution in [0.4, 0.5) is 4.79 Å². The second-order valence-electron chi connectivity index (χ2n) is 8.67. The lowest BCUT2D eigenvalue weighted by atomic mass is 9.85. The topological polar surface area (TPSA) is 65.1 Å². The van der Waals surface area contributed by atoms with Gasteiger partial charge in [0.2, 0.25) is 0 Å². The molecule has 1 aromatic rings. The molecule has 2 aliphatic heterocycles. The van der Waals surface area contributed by atoms with Crippen LogP contribution in [0.5, 0.6) is 5.75 Å². The first-order valence-electron chi connectivity index (χ1n) is 10.1. The number of piperidine rings is 1. The number of methoxy groups -OCH3 is 1. The van der Waals surface area contributed by atoms with Crippen LogP contribution in [-0.4, -0.2) is 54.8 Å². The van der Waals surface area contributed by atoms with Crippen LogP contribution >= 0.6 is 0 Å². The summed E-state index contributed by atoms with van der Waals surface area (Å²) < 4.78 is 16.1. The van der Waals surface area contributed by atoms with Crippen molar-refractivity contribution in [1.82, 2.24) is 4.90 Å². The highest BCUT2D eigenvalue weighted by atomic mass is 16.6. The summed E-state index contributed by atoms with van der Waals surface area (Å²) >= 11 is 0. The normalized spacial score (nSPS) is 24.1. The predicted octanol–water partition coefficient (Wildman–Crippen LogP) is 4.07. The summed E-state index contributed by atoms with van der Waals surface area (Å²) in [6, 6.07) is 7.50. The number of amides is 1.